The highest BCUT2D eigenvalue weighted by molar-refractivity contribution is 7.89. The number of amides is 1. The molecule has 2 aromatic heterocycles. The van der Waals surface area contributed by atoms with Gasteiger partial charge in [0.15, 0.2) is 0 Å². The third-order valence-electron chi connectivity index (χ3n) is 4.69. The molecule has 1 unspecified atom stereocenters. The van der Waals surface area contributed by atoms with E-state index in [2.05, 4.69) is 20.4 Å². The molecule has 0 saturated heterocycles. The largest absolute Gasteiger partial charge is 0.343 e. The van der Waals surface area contributed by atoms with Crippen molar-refractivity contribution in [1.29, 1.82) is 5.26 Å². The lowest BCUT2D eigenvalue weighted by Gasteiger charge is -2.21. The Morgan fingerprint density at radius 1 is 1.19 bits per heavy atom. The molecule has 1 atom stereocenters. The number of nitrogens with one attached hydrogen (secondary N) is 1. The lowest BCUT2D eigenvalue weighted by Crippen LogP contribution is -2.41. The molecule has 1 N–H and O–H groups in total. The van der Waals surface area contributed by atoms with Crippen LogP contribution >= 0.6 is 0 Å². The standard InChI is InChI=1S/C21H22N6O4S/c1-14(2)19(21-25-20(26-31-21)16-8-10-23-11-9-16)24-18(28)13-27(3)32(29,30)17-6-4-15(12-22)5-7-17/h4-11,14,19H,13H2,1-3H3,(H,24,28). The summed E-state index contributed by atoms with van der Waals surface area (Å²) >= 11 is 0. The van der Waals surface area contributed by atoms with E-state index < -0.39 is 28.5 Å². The number of nitrogens with zero attached hydrogens (tertiary/aromatic N) is 5. The van der Waals surface area contributed by atoms with Crippen LogP contribution in [0, 0.1) is 17.2 Å². The van der Waals surface area contributed by atoms with Crippen LogP contribution in [0.3, 0.4) is 0 Å². The van der Waals surface area contributed by atoms with Crippen LogP contribution in [0.2, 0.25) is 0 Å². The van der Waals surface area contributed by atoms with Crippen LogP contribution in [0.25, 0.3) is 11.4 Å². The first-order chi connectivity index (χ1) is 15.2. The molecule has 3 aromatic rings. The average molecular weight is 455 g/mol. The van der Waals surface area contributed by atoms with Crippen LogP contribution in [0.1, 0.15) is 31.3 Å². The van der Waals surface area contributed by atoms with E-state index >= 15 is 0 Å². The molecule has 1 aromatic carbocycles. The average Bonchev–Trinajstić information content (AvgIpc) is 3.27. The Morgan fingerprint density at radius 3 is 2.44 bits per heavy atom. The van der Waals surface area contributed by atoms with E-state index in [9.17, 15) is 13.2 Å². The molecular formula is C21H22N6O4S. The molecule has 0 radical (unpaired) electrons. The lowest BCUT2D eigenvalue weighted by molar-refractivity contribution is -0.122. The molecule has 0 spiro atoms. The highest BCUT2D eigenvalue weighted by atomic mass is 32.2. The van der Waals surface area contributed by atoms with Gasteiger partial charge in [-0.05, 0) is 42.3 Å². The molecule has 0 saturated carbocycles. The van der Waals surface area contributed by atoms with E-state index in [0.29, 0.717) is 11.4 Å². The fourth-order valence-corrected chi connectivity index (χ4v) is 4.01. The van der Waals surface area contributed by atoms with Gasteiger partial charge in [-0.3, -0.25) is 9.78 Å². The monoisotopic (exact) mass is 454 g/mol. The van der Waals surface area contributed by atoms with E-state index in [0.717, 1.165) is 9.87 Å². The zero-order valence-corrected chi connectivity index (χ0v) is 18.6. The molecule has 0 aliphatic carbocycles. The first kappa shape index (κ1) is 23.1. The molecule has 0 aliphatic rings. The number of pyridine rings is 1. The van der Waals surface area contributed by atoms with Crippen LogP contribution in [0.15, 0.2) is 58.2 Å². The van der Waals surface area contributed by atoms with Crippen LogP contribution in [-0.4, -0.2) is 47.3 Å². The quantitative estimate of drug-likeness (QED) is 0.545. The van der Waals surface area contributed by atoms with Gasteiger partial charge in [-0.2, -0.15) is 14.6 Å². The Balaban J connectivity index is 1.71. The predicted octanol–water partition coefficient (Wildman–Crippen LogP) is 2.14. The minimum absolute atomic E-state index is 0.00824. The summed E-state index contributed by atoms with van der Waals surface area (Å²) in [5.41, 5.74) is 1.06. The molecule has 32 heavy (non-hydrogen) atoms. The van der Waals surface area contributed by atoms with Gasteiger partial charge in [0.05, 0.1) is 23.1 Å². The Bertz CT molecular complexity index is 1220. The summed E-state index contributed by atoms with van der Waals surface area (Å²) in [6, 6.07) is 10.3. The van der Waals surface area contributed by atoms with Gasteiger partial charge in [0.2, 0.25) is 27.6 Å². The number of benzene rings is 1. The normalized spacial score (nSPS) is 12.5. The third kappa shape index (κ3) is 5.16. The summed E-state index contributed by atoms with van der Waals surface area (Å²) in [4.78, 5) is 20.9. The van der Waals surface area contributed by atoms with E-state index in [1.807, 2.05) is 19.9 Å². The van der Waals surface area contributed by atoms with Crippen LogP contribution in [0.4, 0.5) is 0 Å². The van der Waals surface area contributed by atoms with Crippen molar-refractivity contribution in [3.8, 4) is 17.5 Å². The van der Waals surface area contributed by atoms with Gasteiger partial charge in [-0.1, -0.05) is 19.0 Å². The van der Waals surface area contributed by atoms with Crippen LogP contribution in [-0.2, 0) is 14.8 Å². The zero-order valence-electron chi connectivity index (χ0n) is 17.8. The molecule has 3 rings (SSSR count). The first-order valence-corrected chi connectivity index (χ1v) is 11.2. The predicted molar refractivity (Wildman–Crippen MR) is 114 cm³/mol. The SMILES string of the molecule is CC(C)C(NC(=O)CN(C)S(=O)(=O)c1ccc(C#N)cc1)c1nc(-c2ccncc2)no1. The maximum absolute atomic E-state index is 12.7. The van der Waals surface area contributed by atoms with Gasteiger partial charge in [-0.25, -0.2) is 8.42 Å². The maximum atomic E-state index is 12.7. The number of hydrogen-bond donors (Lipinski definition) is 1. The molecule has 1 amide bonds. The molecule has 0 bridgehead atoms. The molecule has 0 fully saturated rings. The summed E-state index contributed by atoms with van der Waals surface area (Å²) in [7, 11) is -2.59. The maximum Gasteiger partial charge on any atom is 0.249 e. The van der Waals surface area contributed by atoms with Crippen molar-refractivity contribution >= 4 is 15.9 Å². The number of likely N-dealkylation sites (N-methyl/N-ethyl adjacent to an activating group) is 1. The van der Waals surface area contributed by atoms with Crippen LogP contribution < -0.4 is 5.32 Å². The smallest absolute Gasteiger partial charge is 0.249 e. The lowest BCUT2D eigenvalue weighted by atomic mass is 10.0. The summed E-state index contributed by atoms with van der Waals surface area (Å²) in [5, 5.41) is 15.6. The third-order valence-corrected chi connectivity index (χ3v) is 6.50. The Morgan fingerprint density at radius 2 is 1.84 bits per heavy atom. The second-order valence-electron chi connectivity index (χ2n) is 7.38. The van der Waals surface area contributed by atoms with Crippen molar-refractivity contribution < 1.29 is 17.7 Å². The van der Waals surface area contributed by atoms with Gasteiger partial charge >= 0.3 is 0 Å². The summed E-state index contributed by atoms with van der Waals surface area (Å²) in [6.45, 7) is 3.34. The van der Waals surface area contributed by atoms with E-state index in [1.165, 1.54) is 31.3 Å². The van der Waals surface area contributed by atoms with Crippen molar-refractivity contribution in [1.82, 2.24) is 24.7 Å². The highest BCUT2D eigenvalue weighted by Gasteiger charge is 2.28. The number of carbonyl (C=O) groups is 1. The van der Waals surface area contributed by atoms with Crippen molar-refractivity contribution in [2.75, 3.05) is 13.6 Å². The van der Waals surface area contributed by atoms with Crippen molar-refractivity contribution in [3.63, 3.8) is 0 Å². The minimum Gasteiger partial charge on any atom is -0.343 e. The summed E-state index contributed by atoms with van der Waals surface area (Å²) < 4.78 is 31.8. The van der Waals surface area contributed by atoms with Crippen molar-refractivity contribution in [2.24, 2.45) is 5.92 Å². The van der Waals surface area contributed by atoms with Crippen molar-refractivity contribution in [2.45, 2.75) is 24.8 Å². The number of nitriles is 1. The number of hydrogen-bond acceptors (Lipinski definition) is 8. The topological polar surface area (TPSA) is 142 Å². The molecule has 10 nitrogen and oxygen atoms in total. The fraction of sp³-hybridized carbons (Fsp3) is 0.286. The minimum atomic E-state index is -3.91. The van der Waals surface area contributed by atoms with E-state index in [-0.39, 0.29) is 16.7 Å². The Hall–Kier alpha value is -3.62. The number of rotatable bonds is 8. The van der Waals surface area contributed by atoms with E-state index in [1.54, 1.807) is 24.5 Å². The molecule has 0 aliphatic heterocycles. The zero-order chi connectivity index (χ0) is 23.3. The molecular weight excluding hydrogens is 432 g/mol. The fourth-order valence-electron chi connectivity index (χ4n) is 2.88. The van der Waals surface area contributed by atoms with Crippen molar-refractivity contribution in [3.05, 3.63) is 60.2 Å². The second-order valence-corrected chi connectivity index (χ2v) is 9.42. The highest BCUT2D eigenvalue weighted by Crippen LogP contribution is 2.23. The molecule has 2 heterocycles. The summed E-state index contributed by atoms with van der Waals surface area (Å²) in [6.07, 6.45) is 3.22. The van der Waals surface area contributed by atoms with Gasteiger partial charge in [0.25, 0.3) is 0 Å². The first-order valence-electron chi connectivity index (χ1n) is 9.72. The van der Waals surface area contributed by atoms with E-state index in [4.69, 9.17) is 9.78 Å². The Kier molecular flexibility index (Phi) is 6.97. The van der Waals surface area contributed by atoms with Gasteiger partial charge < -0.3 is 9.84 Å². The Labute approximate surface area is 185 Å². The van der Waals surface area contributed by atoms with Gasteiger partial charge in [0, 0.05) is 25.0 Å². The van der Waals surface area contributed by atoms with Crippen LogP contribution in [0.5, 0.6) is 0 Å². The molecule has 11 heteroatoms. The van der Waals surface area contributed by atoms with Gasteiger partial charge in [-0.15, -0.1) is 0 Å². The van der Waals surface area contributed by atoms with Gasteiger partial charge in [0.1, 0.15) is 6.04 Å². The number of carbonyl (C=O) groups excluding carboxylic acids is 1. The number of aromatic nitrogens is 3. The summed E-state index contributed by atoms with van der Waals surface area (Å²) in [5.74, 6) is -0.0298. The molecule has 166 valence electrons. The number of sulfonamides is 1. The second kappa shape index (κ2) is 9.67.